The van der Waals surface area contributed by atoms with E-state index < -0.39 is 0 Å². The Kier molecular flexibility index (Phi) is 8.68. The van der Waals surface area contributed by atoms with Gasteiger partial charge in [-0.3, -0.25) is 4.57 Å². The predicted octanol–water partition coefficient (Wildman–Crippen LogP) is 15.1. The monoisotopic (exact) mass is 767 g/mol. The summed E-state index contributed by atoms with van der Waals surface area (Å²) >= 11 is 0. The highest BCUT2D eigenvalue weighted by atomic mass is 16.5. The van der Waals surface area contributed by atoms with E-state index in [1.165, 1.54) is 55.8 Å². The Morgan fingerprint density at radius 2 is 1.19 bits per heavy atom. The quantitative estimate of drug-likeness (QED) is 0.0875. The van der Waals surface area contributed by atoms with Crippen LogP contribution >= 0.6 is 0 Å². The molecule has 5 heteroatoms. The Labute approximate surface area is 345 Å². The van der Waals surface area contributed by atoms with Crippen LogP contribution in [0.2, 0.25) is 0 Å². The van der Waals surface area contributed by atoms with Crippen LogP contribution in [0.15, 0.2) is 121 Å². The van der Waals surface area contributed by atoms with Gasteiger partial charge in [-0.05, 0) is 93.7 Å². The fourth-order valence-electron chi connectivity index (χ4n) is 9.40. The van der Waals surface area contributed by atoms with E-state index in [-0.39, 0.29) is 16.2 Å². The minimum atomic E-state index is -0.0945. The molecule has 2 aliphatic heterocycles. The number of ether oxygens (including phenoxy) is 1. The van der Waals surface area contributed by atoms with Gasteiger partial charge in [-0.2, -0.15) is 9.18 Å². The second-order valence-electron chi connectivity index (χ2n) is 19.8. The van der Waals surface area contributed by atoms with Crippen LogP contribution in [0.3, 0.4) is 0 Å². The standard InChI is InChI=1S/C53H59N4O/c1-12-35(13-2)36-17-16-18-40(27-36)56-34-57(56,49-20-15-14-19-48(49)56)41-28-39(53(9,10)11)29-43(32-41)58-42-22-24-45-44-23-21-37(51(3,4)5)30-46(44)55(47(45)33-42)50-31-38(25-26-54-50)52(6,7)8/h14-35H,12-13H2,1-11H3/q+1/t56-,57?/m0/s1. The Hall–Kier alpha value is -5.23. The third kappa shape index (κ3) is 5.84. The number of rotatable bonds is 8. The number of benzene rings is 5. The number of aromatic nitrogens is 2. The van der Waals surface area contributed by atoms with E-state index in [0.29, 0.717) is 15.1 Å². The van der Waals surface area contributed by atoms with Crippen molar-refractivity contribution in [1.29, 1.82) is 0 Å². The highest BCUT2D eigenvalue weighted by Crippen LogP contribution is 2.75. The van der Waals surface area contributed by atoms with E-state index in [9.17, 15) is 0 Å². The van der Waals surface area contributed by atoms with Gasteiger partial charge in [0.25, 0.3) is 0 Å². The van der Waals surface area contributed by atoms with Gasteiger partial charge in [0.05, 0.1) is 11.0 Å². The summed E-state index contributed by atoms with van der Waals surface area (Å²) in [6.07, 6.45) is 4.23. The summed E-state index contributed by atoms with van der Waals surface area (Å²) in [7, 11) is 0. The fraction of sp³-hybridized carbons (Fsp3) is 0.321. The lowest BCUT2D eigenvalue weighted by atomic mass is 9.86. The Morgan fingerprint density at radius 3 is 1.84 bits per heavy atom. The van der Waals surface area contributed by atoms with Crippen molar-refractivity contribution in [3.05, 3.63) is 150 Å². The first-order valence-electron chi connectivity index (χ1n) is 21.2. The van der Waals surface area contributed by atoms with Gasteiger partial charge in [0.15, 0.2) is 18.0 Å². The lowest BCUT2D eigenvalue weighted by molar-refractivity contribution is 0.422. The SMILES string of the molecule is CCC(CC)c1cccc([N@+]23[CH-][N+]2(c2cc(Oc4ccc5c6ccc(C(C)(C)C)cc6n(-c6cc(C(C)(C)C)ccn6)c5c4)cc(C(C)(C)C)c2)c2ccccc23)c1. The van der Waals surface area contributed by atoms with Crippen molar-refractivity contribution in [2.45, 2.75) is 111 Å². The normalized spacial score (nSPS) is 19.0. The zero-order chi connectivity index (χ0) is 41.0. The minimum Gasteiger partial charge on any atom is -0.457 e. The lowest BCUT2D eigenvalue weighted by Crippen LogP contribution is -2.46. The largest absolute Gasteiger partial charge is 0.457 e. The molecule has 1 saturated heterocycles. The summed E-state index contributed by atoms with van der Waals surface area (Å²) in [6, 6.07) is 43.1. The van der Waals surface area contributed by atoms with E-state index in [2.05, 4.69) is 203 Å². The molecule has 0 bridgehead atoms. The number of hydrogen-bond donors (Lipinski definition) is 0. The highest BCUT2D eigenvalue weighted by molar-refractivity contribution is 6.09. The molecule has 1 fully saturated rings. The average Bonchev–Trinajstić information content (AvgIpc) is 3.68. The maximum Gasteiger partial charge on any atom is 0.225 e. The van der Waals surface area contributed by atoms with Gasteiger partial charge < -0.3 is 4.74 Å². The number of para-hydroxylation sites is 2. The zero-order valence-electron chi connectivity index (χ0n) is 36.3. The maximum absolute atomic E-state index is 7.03. The molecule has 0 saturated carbocycles. The molecule has 2 atom stereocenters. The second-order valence-corrected chi connectivity index (χ2v) is 19.8. The van der Waals surface area contributed by atoms with E-state index in [1.807, 2.05) is 6.20 Å². The minimum absolute atomic E-state index is 0.00466. The molecule has 2 aromatic heterocycles. The van der Waals surface area contributed by atoms with E-state index >= 15 is 0 Å². The third-order valence-corrected chi connectivity index (χ3v) is 12.9. The molecule has 5 aromatic carbocycles. The van der Waals surface area contributed by atoms with E-state index in [4.69, 9.17) is 9.72 Å². The molecular weight excluding hydrogens is 709 g/mol. The molecule has 58 heavy (non-hydrogen) atoms. The Bertz CT molecular complexity index is 2730. The Balaban J connectivity index is 1.19. The molecule has 0 N–H and O–H groups in total. The number of quaternary nitrogens is 2. The zero-order valence-corrected chi connectivity index (χ0v) is 36.3. The van der Waals surface area contributed by atoms with Crippen molar-refractivity contribution >= 4 is 44.6 Å². The smallest absolute Gasteiger partial charge is 0.225 e. The first kappa shape index (κ1) is 38.3. The summed E-state index contributed by atoms with van der Waals surface area (Å²) in [6.45, 7) is 27.6. The summed E-state index contributed by atoms with van der Waals surface area (Å²) in [4.78, 5) is 4.99. The van der Waals surface area contributed by atoms with Crippen molar-refractivity contribution in [3.63, 3.8) is 0 Å². The fourth-order valence-corrected chi connectivity index (χ4v) is 9.40. The topological polar surface area (TPSA) is 27.1 Å². The molecule has 0 aliphatic carbocycles. The number of hydrogen-bond acceptors (Lipinski definition) is 2. The number of nitrogens with zero attached hydrogens (tertiary/aromatic N) is 4. The van der Waals surface area contributed by atoms with Gasteiger partial charge >= 0.3 is 0 Å². The van der Waals surface area contributed by atoms with Crippen LogP contribution in [-0.4, -0.2) is 9.55 Å². The molecule has 296 valence electrons. The summed E-state index contributed by atoms with van der Waals surface area (Å²) in [5.74, 6) is 3.11. The van der Waals surface area contributed by atoms with Crippen molar-refractivity contribution in [2.24, 2.45) is 0 Å². The van der Waals surface area contributed by atoms with Gasteiger partial charge in [-0.25, -0.2) is 4.98 Å². The lowest BCUT2D eigenvalue weighted by Gasteiger charge is -2.40. The van der Waals surface area contributed by atoms with Crippen LogP contribution in [0.25, 0.3) is 27.6 Å². The molecule has 1 unspecified atom stereocenters. The molecule has 5 nitrogen and oxygen atoms in total. The van der Waals surface area contributed by atoms with Gasteiger partial charge in [0.2, 0.25) is 11.4 Å². The van der Waals surface area contributed by atoms with Crippen LogP contribution in [0, 0.1) is 6.67 Å². The number of fused-ring (bicyclic) bond motifs is 7. The molecule has 9 rings (SSSR count). The van der Waals surface area contributed by atoms with E-state index in [1.54, 1.807) is 0 Å². The first-order valence-corrected chi connectivity index (χ1v) is 21.2. The van der Waals surface area contributed by atoms with Crippen molar-refractivity contribution < 1.29 is 4.74 Å². The van der Waals surface area contributed by atoms with Crippen LogP contribution in [-0.2, 0) is 16.2 Å². The molecule has 0 radical (unpaired) electrons. The van der Waals surface area contributed by atoms with Gasteiger partial charge in [0.1, 0.15) is 17.3 Å². The summed E-state index contributed by atoms with van der Waals surface area (Å²) in [5.41, 5.74) is 12.5. The molecular formula is C53H59N4O+. The van der Waals surface area contributed by atoms with Crippen LogP contribution < -0.4 is 13.9 Å². The van der Waals surface area contributed by atoms with Crippen LogP contribution in [0.1, 0.15) is 117 Å². The Morgan fingerprint density at radius 1 is 0.569 bits per heavy atom. The summed E-state index contributed by atoms with van der Waals surface area (Å²) < 4.78 is 10.7. The van der Waals surface area contributed by atoms with Gasteiger partial charge in [-0.15, -0.1) is 0 Å². The second kappa shape index (κ2) is 13.1. The van der Waals surface area contributed by atoms with Crippen LogP contribution in [0.4, 0.5) is 22.7 Å². The predicted molar refractivity (Wildman–Crippen MR) is 245 cm³/mol. The molecule has 4 heterocycles. The number of pyridine rings is 1. The third-order valence-electron chi connectivity index (χ3n) is 12.9. The summed E-state index contributed by atoms with van der Waals surface area (Å²) in [5, 5.41) is 2.39. The van der Waals surface area contributed by atoms with Gasteiger partial charge in [-0.1, -0.05) is 113 Å². The highest BCUT2D eigenvalue weighted by Gasteiger charge is 2.78. The molecule has 0 amide bonds. The van der Waals surface area contributed by atoms with E-state index in [0.717, 1.165) is 41.2 Å². The molecule has 2 aliphatic rings. The first-order chi connectivity index (χ1) is 27.5. The van der Waals surface area contributed by atoms with Crippen molar-refractivity contribution in [3.8, 4) is 17.3 Å². The molecule has 0 spiro atoms. The average molecular weight is 768 g/mol. The molecule has 7 aromatic rings. The van der Waals surface area contributed by atoms with Crippen molar-refractivity contribution in [1.82, 2.24) is 18.7 Å². The van der Waals surface area contributed by atoms with Crippen molar-refractivity contribution in [2.75, 3.05) is 0 Å². The van der Waals surface area contributed by atoms with Crippen LogP contribution in [0.5, 0.6) is 11.5 Å². The van der Waals surface area contributed by atoms with Gasteiger partial charge in [0, 0.05) is 59.4 Å². The maximum atomic E-state index is 7.03.